The number of halogens is 2. The highest BCUT2D eigenvalue weighted by molar-refractivity contribution is 5.85. The van der Waals surface area contributed by atoms with Gasteiger partial charge in [-0.15, -0.1) is 24.8 Å². The number of quaternary nitrogens is 1. The van der Waals surface area contributed by atoms with E-state index >= 15 is 0 Å². The number of nitrogens with zero attached hydrogens (tertiary/aromatic N) is 2. The number of hydrogen-bond donors (Lipinski definition) is 0. The summed E-state index contributed by atoms with van der Waals surface area (Å²) in [5, 5.41) is 11.5. The van der Waals surface area contributed by atoms with Gasteiger partial charge in [-0.25, -0.2) is 0 Å². The van der Waals surface area contributed by atoms with Gasteiger partial charge in [0.25, 0.3) is 0 Å². The Morgan fingerprint density at radius 1 is 0.839 bits per heavy atom. The number of aliphatic carboxylic acids is 1. The van der Waals surface area contributed by atoms with E-state index in [-0.39, 0.29) is 49.1 Å². The fraction of sp³-hybridized carbons (Fsp3) is 0.395. The lowest BCUT2D eigenvalue weighted by Gasteiger charge is -2.46. The lowest BCUT2D eigenvalue weighted by atomic mass is 9.85. The first-order chi connectivity index (χ1) is 26.0. The minimum absolute atomic E-state index is 0. The molecule has 0 aromatic heterocycles. The quantitative estimate of drug-likeness (QED) is 0.105. The molecular weight excluding hydrogens is 759 g/mol. The summed E-state index contributed by atoms with van der Waals surface area (Å²) in [5.74, 6) is 2.40. The van der Waals surface area contributed by atoms with Gasteiger partial charge < -0.3 is 42.8 Å². The second kappa shape index (κ2) is 17.6. The largest absolute Gasteiger partial charge is 0.550 e. The van der Waals surface area contributed by atoms with E-state index in [0.717, 1.165) is 59.3 Å². The number of likely N-dealkylation sites (N-methyl/N-ethyl adjacent to an activating group) is 2. The number of carbonyl (C=O) groups excluding carboxylic acids is 2. The van der Waals surface area contributed by atoms with Crippen LogP contribution in [0.1, 0.15) is 65.2 Å². The van der Waals surface area contributed by atoms with E-state index in [1.807, 2.05) is 36.4 Å². The highest BCUT2D eigenvalue weighted by Gasteiger charge is 2.41. The molecule has 0 saturated carbocycles. The van der Waals surface area contributed by atoms with Crippen LogP contribution in [0.15, 0.2) is 60.7 Å². The highest BCUT2D eigenvalue weighted by atomic mass is 35.5. The number of fused-ring (bicyclic) bond motifs is 2. The standard InChI is InChI=1S/C43H48N2O9.2ClH/c1-26(46)52-42-39(51-6)24-30-15-17-44(2)33-20-28-11-14-35(49-4)37(22-28)53-31-12-9-27(10-13-31)21-34-32-25-38(54-43(42)41(30)33)36(50-5)23-29(32)16-19-45(34,3)18-7-8-40(47)48;;/h9-14,22-25,33-34H,7-8,15-21H2,1-6H3;2*1H. The summed E-state index contributed by atoms with van der Waals surface area (Å²) >= 11 is 0. The smallest absolute Gasteiger partial charge is 0.308 e. The molecule has 0 radical (unpaired) electrons. The maximum absolute atomic E-state index is 12.7. The monoisotopic (exact) mass is 808 g/mol. The maximum Gasteiger partial charge on any atom is 0.308 e. The molecule has 11 nitrogen and oxygen atoms in total. The van der Waals surface area contributed by atoms with Crippen molar-refractivity contribution in [3.63, 3.8) is 0 Å². The highest BCUT2D eigenvalue weighted by Crippen LogP contribution is 2.52. The first kappa shape index (κ1) is 42.5. The maximum atomic E-state index is 12.7. The predicted molar refractivity (Wildman–Crippen MR) is 214 cm³/mol. The number of carbonyl (C=O) groups is 2. The van der Waals surface area contributed by atoms with E-state index in [1.54, 1.807) is 21.3 Å². The van der Waals surface area contributed by atoms with Gasteiger partial charge in [0.2, 0.25) is 5.75 Å². The fourth-order valence-corrected chi connectivity index (χ4v) is 8.42. The minimum Gasteiger partial charge on any atom is -0.550 e. The second-order valence-electron chi connectivity index (χ2n) is 14.8. The second-order valence-corrected chi connectivity index (χ2v) is 14.8. The first-order valence-electron chi connectivity index (χ1n) is 18.5. The van der Waals surface area contributed by atoms with Crippen molar-refractivity contribution in [1.82, 2.24) is 4.90 Å². The molecule has 0 amide bonds. The lowest BCUT2D eigenvalue weighted by molar-refractivity contribution is -0.941. The molecule has 13 heteroatoms. The molecule has 3 unspecified atom stereocenters. The van der Waals surface area contributed by atoms with Crippen molar-refractivity contribution in [3.8, 4) is 46.0 Å². The molecule has 6 bridgehead atoms. The summed E-state index contributed by atoms with van der Waals surface area (Å²) in [5.41, 5.74) is 6.29. The Kier molecular flexibility index (Phi) is 13.4. The number of methoxy groups -OCH3 is 3. The van der Waals surface area contributed by atoms with Gasteiger partial charge in [-0.2, -0.15) is 0 Å². The molecule has 56 heavy (non-hydrogen) atoms. The molecule has 4 heterocycles. The average Bonchev–Trinajstić information content (AvgIpc) is 3.14. The molecule has 3 atom stereocenters. The van der Waals surface area contributed by atoms with Crippen LogP contribution in [-0.4, -0.2) is 76.4 Å². The summed E-state index contributed by atoms with van der Waals surface area (Å²) in [6.07, 6.45) is 3.27. The molecule has 4 aliphatic heterocycles. The Bertz CT molecular complexity index is 2080. The van der Waals surface area contributed by atoms with Gasteiger partial charge in [0.15, 0.2) is 34.5 Å². The summed E-state index contributed by atoms with van der Waals surface area (Å²) < 4.78 is 37.7. The summed E-state index contributed by atoms with van der Waals surface area (Å²) in [6, 6.07) is 20.0. The third kappa shape index (κ3) is 8.51. The molecule has 300 valence electrons. The number of carboxylic acids is 1. The Hall–Kier alpha value is -4.68. The van der Waals surface area contributed by atoms with Gasteiger partial charge in [-0.05, 0) is 91.0 Å². The van der Waals surface area contributed by atoms with Crippen molar-refractivity contribution in [3.05, 3.63) is 94.0 Å². The van der Waals surface area contributed by atoms with Crippen LogP contribution in [0.5, 0.6) is 46.0 Å². The summed E-state index contributed by atoms with van der Waals surface area (Å²) in [4.78, 5) is 26.5. The normalized spacial score (nSPS) is 19.6. The van der Waals surface area contributed by atoms with E-state index < -0.39 is 11.9 Å². The van der Waals surface area contributed by atoms with Crippen molar-refractivity contribution in [2.75, 3.05) is 55.1 Å². The number of rotatable bonds is 8. The number of esters is 1. The molecule has 0 aliphatic carbocycles. The summed E-state index contributed by atoms with van der Waals surface area (Å²) in [6.45, 7) is 3.63. The zero-order chi connectivity index (χ0) is 38.1. The molecule has 4 aromatic carbocycles. The van der Waals surface area contributed by atoms with Crippen LogP contribution in [-0.2, 0) is 35.3 Å². The van der Waals surface area contributed by atoms with Gasteiger partial charge in [0.05, 0.1) is 41.5 Å². The van der Waals surface area contributed by atoms with E-state index in [0.29, 0.717) is 70.5 Å². The molecule has 0 saturated heterocycles. The topological polar surface area (TPSA) is 116 Å². The fourth-order valence-electron chi connectivity index (χ4n) is 8.42. The average molecular weight is 810 g/mol. The molecule has 0 N–H and O–H groups in total. The molecular formula is C43H50Cl2N2O9. The van der Waals surface area contributed by atoms with Crippen LogP contribution in [0.2, 0.25) is 0 Å². The van der Waals surface area contributed by atoms with Crippen LogP contribution in [0.3, 0.4) is 0 Å². The Morgan fingerprint density at radius 2 is 1.52 bits per heavy atom. The van der Waals surface area contributed by atoms with Crippen molar-refractivity contribution in [1.29, 1.82) is 0 Å². The van der Waals surface area contributed by atoms with Gasteiger partial charge in [0.1, 0.15) is 11.8 Å². The summed E-state index contributed by atoms with van der Waals surface area (Å²) in [7, 11) is 9.11. The number of hydrogen-bond acceptors (Lipinski definition) is 10. The van der Waals surface area contributed by atoms with Crippen LogP contribution >= 0.6 is 24.8 Å². The SMILES string of the molecule is COc1ccc2cc1Oc1ccc(cc1)CC1c3cc(c(OC)cc3CC[N+]1(C)CCCC(=O)[O-])Oc1c(OC(C)=O)c(OC)cc3c1C(C2)N(C)CC3.Cl.Cl. The van der Waals surface area contributed by atoms with Crippen molar-refractivity contribution < 1.29 is 47.6 Å². The van der Waals surface area contributed by atoms with Crippen molar-refractivity contribution in [2.24, 2.45) is 0 Å². The zero-order valence-corrected chi connectivity index (χ0v) is 34.3. The number of carboxylic acid groups (broad SMARTS) is 1. The molecule has 4 aromatic rings. The van der Waals surface area contributed by atoms with E-state index in [1.165, 1.54) is 6.92 Å². The molecule has 4 aliphatic rings. The number of ether oxygens (including phenoxy) is 6. The third-order valence-corrected chi connectivity index (χ3v) is 11.3. The van der Waals surface area contributed by atoms with Crippen LogP contribution in [0.4, 0.5) is 0 Å². The van der Waals surface area contributed by atoms with Gasteiger partial charge in [-0.1, -0.05) is 18.2 Å². The van der Waals surface area contributed by atoms with Crippen LogP contribution in [0.25, 0.3) is 0 Å². The van der Waals surface area contributed by atoms with Gasteiger partial charge in [-0.3, -0.25) is 9.69 Å². The van der Waals surface area contributed by atoms with E-state index in [4.69, 9.17) is 28.4 Å². The van der Waals surface area contributed by atoms with Crippen molar-refractivity contribution in [2.45, 2.75) is 57.5 Å². The van der Waals surface area contributed by atoms with Crippen molar-refractivity contribution >= 4 is 36.8 Å². The Morgan fingerprint density at radius 3 is 2.20 bits per heavy atom. The Labute approximate surface area is 340 Å². The third-order valence-electron chi connectivity index (χ3n) is 11.3. The van der Waals surface area contributed by atoms with Gasteiger partial charge >= 0.3 is 5.97 Å². The molecule has 0 spiro atoms. The van der Waals surface area contributed by atoms with E-state index in [9.17, 15) is 14.7 Å². The predicted octanol–water partition coefficient (Wildman–Crippen LogP) is 6.97. The first-order valence-corrected chi connectivity index (χ1v) is 18.5. The molecule has 8 rings (SSSR count). The van der Waals surface area contributed by atoms with E-state index in [2.05, 4.69) is 43.3 Å². The Balaban J connectivity index is 0.00000300. The van der Waals surface area contributed by atoms with Crippen LogP contribution < -0.4 is 33.5 Å². The van der Waals surface area contributed by atoms with Crippen LogP contribution in [0, 0.1) is 0 Å². The minimum atomic E-state index is -1.05. The number of benzene rings is 4. The lowest BCUT2D eigenvalue weighted by Crippen LogP contribution is -2.52. The van der Waals surface area contributed by atoms with Gasteiger partial charge in [0, 0.05) is 55.9 Å². The zero-order valence-electron chi connectivity index (χ0n) is 32.7. The molecule has 0 fully saturated rings.